The van der Waals surface area contributed by atoms with E-state index < -0.39 is 20.0 Å². The number of fused-ring (bicyclic) bond motifs is 2. The molecule has 0 amide bonds. The third-order valence-electron chi connectivity index (χ3n) is 5.99. The molecular formula is C29H15Cl11Cs2N6O7S2. The normalized spacial score (nSPS) is 10.6. The van der Waals surface area contributed by atoms with Gasteiger partial charge in [-0.1, -0.05) is 140 Å². The number of halogens is 11. The van der Waals surface area contributed by atoms with Crippen molar-refractivity contribution < 1.29 is 171 Å². The zero-order chi connectivity index (χ0) is 41.4. The predicted molar refractivity (Wildman–Crippen MR) is 218 cm³/mol. The second kappa shape index (κ2) is 26.0. The van der Waals surface area contributed by atoms with Crippen LogP contribution in [0.15, 0.2) is 70.5 Å². The number of carbonyl (C=O) groups is 1. The SMILES string of the molecule is Clc1cc2nc(Cl)c(Cl)nc2cc1Cl.NS(=O)(=O)c1cccc(Cl)c1Cl.O=CO[O-].O=S(=O)(Nc1nc2cc(Cl)c(Cl)cc2nc1Cl)c1cccc(Cl)c1Cl.[Cs+].[Cs+].[H-]. The number of primary sulfonamides is 1. The van der Waals surface area contributed by atoms with E-state index in [9.17, 15) is 16.8 Å². The van der Waals surface area contributed by atoms with Crippen LogP contribution in [-0.2, 0) is 29.7 Å². The first kappa shape index (κ1) is 57.0. The van der Waals surface area contributed by atoms with Gasteiger partial charge in [-0.15, -0.1) is 0 Å². The zero-order valence-corrected chi connectivity index (χ0v) is 50.6. The molecule has 4 aromatic carbocycles. The van der Waals surface area contributed by atoms with Crippen LogP contribution < -0.4 is 153 Å². The van der Waals surface area contributed by atoms with Crippen molar-refractivity contribution >= 4 is 182 Å². The van der Waals surface area contributed by atoms with E-state index in [4.69, 9.17) is 143 Å². The number of anilines is 1. The molecule has 2 heterocycles. The van der Waals surface area contributed by atoms with Crippen molar-refractivity contribution in [3.63, 3.8) is 0 Å². The van der Waals surface area contributed by atoms with Gasteiger partial charge < -0.3 is 11.6 Å². The Labute approximate surface area is 498 Å². The van der Waals surface area contributed by atoms with Crippen molar-refractivity contribution in [3.05, 3.63) is 116 Å². The minimum absolute atomic E-state index is 0. The summed E-state index contributed by atoms with van der Waals surface area (Å²) in [6, 6.07) is 14.6. The number of carbonyl (C=O) groups excluding carboxylic acids is 1. The van der Waals surface area contributed by atoms with Crippen molar-refractivity contribution in [1.29, 1.82) is 0 Å². The molecule has 6 rings (SSSR count). The van der Waals surface area contributed by atoms with Crippen molar-refractivity contribution in [2.45, 2.75) is 9.79 Å². The molecule has 0 saturated carbocycles. The average molecular weight is 1280 g/mol. The Morgan fingerprint density at radius 3 is 1.26 bits per heavy atom. The molecule has 0 fully saturated rings. The minimum Gasteiger partial charge on any atom is -1.00 e. The van der Waals surface area contributed by atoms with E-state index in [0.29, 0.717) is 32.1 Å². The van der Waals surface area contributed by atoms with Gasteiger partial charge in [0.1, 0.15) is 9.79 Å². The van der Waals surface area contributed by atoms with E-state index >= 15 is 0 Å². The van der Waals surface area contributed by atoms with Crippen molar-refractivity contribution in [1.82, 2.24) is 19.9 Å². The molecule has 57 heavy (non-hydrogen) atoms. The molecule has 0 radical (unpaired) electrons. The average Bonchev–Trinajstić information content (AvgIpc) is 3.10. The summed E-state index contributed by atoms with van der Waals surface area (Å²) in [6.07, 6.45) is 0. The number of aromatic nitrogens is 4. The van der Waals surface area contributed by atoms with Gasteiger partial charge in [0, 0.05) is 0 Å². The summed E-state index contributed by atoms with van der Waals surface area (Å²) >= 11 is 63.9. The molecule has 3 N–H and O–H groups in total. The van der Waals surface area contributed by atoms with E-state index in [1.54, 1.807) is 12.1 Å². The molecule has 28 heteroatoms. The Balaban J connectivity index is 0.000000841. The van der Waals surface area contributed by atoms with Crippen LogP contribution in [0, 0.1) is 0 Å². The molecule has 294 valence electrons. The number of hydrogen-bond donors (Lipinski definition) is 2. The molecule has 0 bridgehead atoms. The van der Waals surface area contributed by atoms with Gasteiger partial charge in [-0.2, -0.15) is 0 Å². The number of benzene rings is 4. The van der Waals surface area contributed by atoms with Gasteiger partial charge in [0.15, 0.2) is 21.3 Å². The van der Waals surface area contributed by atoms with Crippen LogP contribution in [-0.4, -0.2) is 43.2 Å². The van der Waals surface area contributed by atoms with Crippen LogP contribution in [0.5, 0.6) is 0 Å². The number of nitrogens with zero attached hydrogens (tertiary/aromatic N) is 4. The summed E-state index contributed by atoms with van der Waals surface area (Å²) in [5, 5.41) is 14.9. The van der Waals surface area contributed by atoms with Crippen molar-refractivity contribution in [3.8, 4) is 0 Å². The second-order valence-electron chi connectivity index (χ2n) is 9.63. The minimum atomic E-state index is -4.09. The molecule has 0 saturated heterocycles. The summed E-state index contributed by atoms with van der Waals surface area (Å²) in [7, 11) is -7.86. The van der Waals surface area contributed by atoms with Gasteiger partial charge in [0.05, 0.1) is 62.2 Å². The van der Waals surface area contributed by atoms with Crippen LogP contribution in [0.2, 0.25) is 55.6 Å². The number of nitrogens with one attached hydrogen (secondary N) is 1. The fourth-order valence-corrected chi connectivity index (χ4v) is 7.90. The van der Waals surface area contributed by atoms with Gasteiger partial charge in [-0.3, -0.25) is 9.52 Å². The van der Waals surface area contributed by atoms with Crippen molar-refractivity contribution in [2.75, 3.05) is 4.72 Å². The van der Waals surface area contributed by atoms with E-state index in [1.807, 2.05) is 0 Å². The Bertz CT molecular complexity index is 2560. The first-order valence-electron chi connectivity index (χ1n) is 13.6. The molecule has 2 aromatic heterocycles. The quantitative estimate of drug-likeness (QED) is 0.143. The second-order valence-corrected chi connectivity index (χ2v) is 17.1. The molecule has 0 atom stereocenters. The Kier molecular flexibility index (Phi) is 26.0. The van der Waals surface area contributed by atoms with Gasteiger partial charge in [-0.25, -0.2) is 41.9 Å². The third-order valence-corrected chi connectivity index (χ3v) is 12.5. The Morgan fingerprint density at radius 1 is 0.579 bits per heavy atom. The van der Waals surface area contributed by atoms with Crippen LogP contribution >= 0.6 is 128 Å². The zero-order valence-electron chi connectivity index (χ0n) is 29.0. The summed E-state index contributed by atoms with van der Waals surface area (Å²) in [6.45, 7) is -0.181. The van der Waals surface area contributed by atoms with E-state index in [0.717, 1.165) is 0 Å². The molecule has 0 spiro atoms. The monoisotopic (exact) mass is 1270 g/mol. The molecule has 0 aliphatic rings. The predicted octanol–water partition coefficient (Wildman–Crippen LogP) is 4.14. The molecule has 0 aliphatic carbocycles. The summed E-state index contributed by atoms with van der Waals surface area (Å²) in [5.41, 5.74) is 1.81. The first-order chi connectivity index (χ1) is 25.6. The topological polar surface area (TPSA) is 207 Å². The maximum Gasteiger partial charge on any atom is 1.00 e. The van der Waals surface area contributed by atoms with Crippen LogP contribution in [0.1, 0.15) is 1.43 Å². The number of hydrogen-bond acceptors (Lipinski definition) is 11. The van der Waals surface area contributed by atoms with Gasteiger partial charge in [-0.05, 0) is 48.5 Å². The maximum atomic E-state index is 12.6. The molecule has 13 nitrogen and oxygen atoms in total. The molecule has 6 aromatic rings. The summed E-state index contributed by atoms with van der Waals surface area (Å²) in [5.74, 6) is -0.177. The van der Waals surface area contributed by atoms with Gasteiger partial charge >= 0.3 is 138 Å². The summed E-state index contributed by atoms with van der Waals surface area (Å²) in [4.78, 5) is 27.1. The summed E-state index contributed by atoms with van der Waals surface area (Å²) < 4.78 is 49.0. The molecule has 0 aliphatic heterocycles. The fraction of sp³-hybridized carbons (Fsp3) is 0. The van der Waals surface area contributed by atoms with Crippen LogP contribution in [0.3, 0.4) is 0 Å². The number of rotatable bonds is 5. The third kappa shape index (κ3) is 16.8. The maximum absolute atomic E-state index is 12.6. The molecular weight excluding hydrogens is 1260 g/mol. The Morgan fingerprint density at radius 2 is 0.912 bits per heavy atom. The van der Waals surface area contributed by atoms with E-state index in [1.165, 1.54) is 48.5 Å². The first-order valence-corrected chi connectivity index (χ1v) is 20.8. The van der Waals surface area contributed by atoms with Crippen molar-refractivity contribution in [2.24, 2.45) is 5.14 Å². The standard InChI is InChI=1S/C14H6Cl5N3O2S.C8H2Cl4N2.C6H5Cl2NO2S.CH2O3.2Cs.H/c15-6-2-1-3-11(12(6)18)25(23,24)22-14-13(19)20-9-4-7(16)8(17)5-10(9)21-14;9-3-1-5-6(2-4(3)10)14-8(12)7(11)13-5;7-4-2-1-3-5(6(4)8)12(9,10)11;2-1-4-3;;;/h1-5H,(H,21,22);1-2H;1-3H,(H2,9,10,11);1,3H;;;/q;;;;2*+1;-1/p-1. The van der Waals surface area contributed by atoms with Crippen LogP contribution in [0.25, 0.3) is 22.1 Å². The fourth-order valence-electron chi connectivity index (χ4n) is 3.68. The van der Waals surface area contributed by atoms with E-state index in [2.05, 4.69) is 29.5 Å². The smallest absolute Gasteiger partial charge is 1.00 e. The van der Waals surface area contributed by atoms with Gasteiger partial charge in [0.25, 0.3) is 16.5 Å². The van der Waals surface area contributed by atoms with Gasteiger partial charge in [0.2, 0.25) is 10.0 Å². The largest absolute Gasteiger partial charge is 1.00 e. The van der Waals surface area contributed by atoms with Crippen LogP contribution in [0.4, 0.5) is 5.82 Å². The number of nitrogens with two attached hydrogens (primary N) is 1. The Hall–Kier alpha value is 1.94. The molecule has 0 unspecified atom stereocenters. The van der Waals surface area contributed by atoms with E-state index in [-0.39, 0.29) is 207 Å². The number of sulfonamides is 2.